The number of carbonyl (C=O) groups is 1. The number of rotatable bonds is 2. The van der Waals surface area contributed by atoms with Gasteiger partial charge < -0.3 is 5.11 Å². The van der Waals surface area contributed by atoms with Crippen LogP contribution in [0.2, 0.25) is 0 Å². The fourth-order valence-electron chi connectivity index (χ4n) is 2.61. The van der Waals surface area contributed by atoms with E-state index in [1.165, 1.54) is 25.7 Å². The third kappa shape index (κ3) is 1.46. The monoisotopic (exact) mass is 169 g/mol. The van der Waals surface area contributed by atoms with Gasteiger partial charge in [0, 0.05) is 12.6 Å². The van der Waals surface area contributed by atoms with Gasteiger partial charge in [-0.15, -0.1) is 0 Å². The van der Waals surface area contributed by atoms with Gasteiger partial charge in [-0.1, -0.05) is 6.42 Å². The van der Waals surface area contributed by atoms with E-state index < -0.39 is 5.97 Å². The predicted octanol–water partition coefficient (Wildman–Crippen LogP) is 0.945. The minimum Gasteiger partial charge on any atom is -0.480 e. The second-order valence-corrected chi connectivity index (χ2v) is 4.01. The van der Waals surface area contributed by atoms with Gasteiger partial charge in [0.2, 0.25) is 0 Å². The van der Waals surface area contributed by atoms with E-state index >= 15 is 0 Å². The largest absolute Gasteiger partial charge is 0.480 e. The summed E-state index contributed by atoms with van der Waals surface area (Å²) >= 11 is 0. The fourth-order valence-corrected chi connectivity index (χ4v) is 2.61. The first-order valence-corrected chi connectivity index (χ1v) is 4.71. The summed E-state index contributed by atoms with van der Waals surface area (Å²) in [6, 6.07) is 0.583. The maximum atomic E-state index is 10.5. The zero-order valence-electron chi connectivity index (χ0n) is 7.20. The summed E-state index contributed by atoms with van der Waals surface area (Å²) in [5, 5.41) is 8.65. The summed E-state index contributed by atoms with van der Waals surface area (Å²) in [5.74, 6) is 0.116. The number of hydrogen-bond acceptors (Lipinski definition) is 2. The quantitative estimate of drug-likeness (QED) is 0.669. The molecule has 1 saturated carbocycles. The number of aliphatic carboxylic acids is 1. The van der Waals surface area contributed by atoms with Gasteiger partial charge in [-0.2, -0.15) is 0 Å². The van der Waals surface area contributed by atoms with Gasteiger partial charge in [0.15, 0.2) is 0 Å². The predicted molar refractivity (Wildman–Crippen MR) is 45.0 cm³/mol. The minimum absolute atomic E-state index is 0.251. The van der Waals surface area contributed by atoms with Crippen LogP contribution in [0.4, 0.5) is 0 Å². The molecule has 0 aromatic carbocycles. The first kappa shape index (κ1) is 8.05. The standard InChI is InChI=1S/C9H15NO2/c11-9(12)6-10-5-7-2-1-3-8(10)4-7/h7-8H,1-6H2,(H,11,12). The summed E-state index contributed by atoms with van der Waals surface area (Å²) in [7, 11) is 0. The number of likely N-dealkylation sites (tertiary alicyclic amines) is 1. The minimum atomic E-state index is -0.678. The molecule has 0 amide bonds. The lowest BCUT2D eigenvalue weighted by Gasteiger charge is -2.22. The molecule has 0 aromatic rings. The lowest BCUT2D eigenvalue weighted by Crippen LogP contribution is -2.33. The van der Waals surface area contributed by atoms with Gasteiger partial charge in [-0.3, -0.25) is 9.69 Å². The van der Waals surface area contributed by atoms with Crippen molar-refractivity contribution >= 4 is 5.97 Å². The molecule has 0 spiro atoms. The second-order valence-electron chi connectivity index (χ2n) is 4.01. The Labute approximate surface area is 72.4 Å². The average Bonchev–Trinajstić information content (AvgIpc) is 2.26. The highest BCUT2D eigenvalue weighted by atomic mass is 16.4. The van der Waals surface area contributed by atoms with E-state index in [9.17, 15) is 4.79 Å². The van der Waals surface area contributed by atoms with Crippen LogP contribution in [0.3, 0.4) is 0 Å². The molecule has 1 saturated heterocycles. The van der Waals surface area contributed by atoms with Crippen molar-refractivity contribution in [1.82, 2.24) is 4.90 Å². The zero-order valence-corrected chi connectivity index (χ0v) is 7.20. The van der Waals surface area contributed by atoms with Crippen LogP contribution in [0.5, 0.6) is 0 Å². The van der Waals surface area contributed by atoms with Crippen molar-refractivity contribution < 1.29 is 9.90 Å². The van der Waals surface area contributed by atoms with Gasteiger partial charge in [0.05, 0.1) is 6.54 Å². The Morgan fingerprint density at radius 3 is 3.00 bits per heavy atom. The summed E-state index contributed by atoms with van der Waals surface area (Å²) in [5.41, 5.74) is 0. The van der Waals surface area contributed by atoms with Crippen LogP contribution in [-0.2, 0) is 4.79 Å². The normalized spacial score (nSPS) is 35.3. The summed E-state index contributed by atoms with van der Waals surface area (Å²) in [6.45, 7) is 1.28. The Morgan fingerprint density at radius 2 is 2.33 bits per heavy atom. The van der Waals surface area contributed by atoms with Crippen LogP contribution in [0.1, 0.15) is 25.7 Å². The molecule has 1 aliphatic carbocycles. The van der Waals surface area contributed by atoms with E-state index in [4.69, 9.17) is 5.11 Å². The molecule has 0 radical (unpaired) electrons. The van der Waals surface area contributed by atoms with Crippen LogP contribution in [0.15, 0.2) is 0 Å². The highest BCUT2D eigenvalue weighted by Crippen LogP contribution is 2.34. The molecule has 2 atom stereocenters. The molecule has 2 aliphatic rings. The highest BCUT2D eigenvalue weighted by Gasteiger charge is 2.35. The third-order valence-electron chi connectivity index (χ3n) is 3.10. The second kappa shape index (κ2) is 3.05. The molecule has 1 N–H and O–H groups in total. The molecule has 12 heavy (non-hydrogen) atoms. The SMILES string of the molecule is O=C(O)CN1CC2CCCC1C2. The lowest BCUT2D eigenvalue weighted by atomic mass is 9.90. The highest BCUT2D eigenvalue weighted by molar-refractivity contribution is 5.69. The number of fused-ring (bicyclic) bond motifs is 2. The van der Waals surface area contributed by atoms with Crippen LogP contribution in [0, 0.1) is 5.92 Å². The van der Waals surface area contributed by atoms with Crippen molar-refractivity contribution in [2.45, 2.75) is 31.7 Å². The Balaban J connectivity index is 1.95. The molecule has 3 nitrogen and oxygen atoms in total. The molecule has 68 valence electrons. The summed E-state index contributed by atoms with van der Waals surface area (Å²) in [4.78, 5) is 12.6. The van der Waals surface area contributed by atoms with Gasteiger partial charge in [0.25, 0.3) is 0 Å². The molecule has 2 rings (SSSR count). The zero-order chi connectivity index (χ0) is 8.55. The van der Waals surface area contributed by atoms with Gasteiger partial charge >= 0.3 is 5.97 Å². The van der Waals surface area contributed by atoms with E-state index in [-0.39, 0.29) is 6.54 Å². The van der Waals surface area contributed by atoms with E-state index in [1.54, 1.807) is 0 Å². The van der Waals surface area contributed by atoms with Crippen molar-refractivity contribution in [3.63, 3.8) is 0 Å². The van der Waals surface area contributed by atoms with Crippen LogP contribution >= 0.6 is 0 Å². The summed E-state index contributed by atoms with van der Waals surface area (Å²) in [6.07, 6.45) is 5.06. The average molecular weight is 169 g/mol. The molecule has 2 unspecified atom stereocenters. The Hall–Kier alpha value is -0.570. The van der Waals surface area contributed by atoms with Crippen LogP contribution in [-0.4, -0.2) is 35.1 Å². The number of hydrogen-bond donors (Lipinski definition) is 1. The van der Waals surface area contributed by atoms with Crippen LogP contribution in [0.25, 0.3) is 0 Å². The van der Waals surface area contributed by atoms with Crippen molar-refractivity contribution in [2.24, 2.45) is 5.92 Å². The van der Waals surface area contributed by atoms with E-state index in [1.807, 2.05) is 0 Å². The molecule has 0 aromatic heterocycles. The van der Waals surface area contributed by atoms with Crippen molar-refractivity contribution in [3.05, 3.63) is 0 Å². The van der Waals surface area contributed by atoms with E-state index in [0.717, 1.165) is 12.5 Å². The summed E-state index contributed by atoms with van der Waals surface area (Å²) < 4.78 is 0. The van der Waals surface area contributed by atoms with Crippen LogP contribution < -0.4 is 0 Å². The van der Waals surface area contributed by atoms with Gasteiger partial charge in [-0.25, -0.2) is 0 Å². The Bertz CT molecular complexity index is 193. The molecule has 1 heterocycles. The smallest absolute Gasteiger partial charge is 0.317 e. The maximum Gasteiger partial charge on any atom is 0.317 e. The van der Waals surface area contributed by atoms with Crippen molar-refractivity contribution in [1.29, 1.82) is 0 Å². The topological polar surface area (TPSA) is 40.5 Å². The molecule has 2 fully saturated rings. The lowest BCUT2D eigenvalue weighted by molar-refractivity contribution is -0.138. The Kier molecular flexibility index (Phi) is 2.05. The van der Waals surface area contributed by atoms with Gasteiger partial charge in [0.1, 0.15) is 0 Å². The van der Waals surface area contributed by atoms with Crippen molar-refractivity contribution in [2.75, 3.05) is 13.1 Å². The number of carboxylic acid groups (broad SMARTS) is 1. The first-order valence-electron chi connectivity index (χ1n) is 4.71. The maximum absolute atomic E-state index is 10.5. The fraction of sp³-hybridized carbons (Fsp3) is 0.889. The molecular weight excluding hydrogens is 154 g/mol. The van der Waals surface area contributed by atoms with Gasteiger partial charge in [-0.05, 0) is 25.2 Å². The van der Waals surface area contributed by atoms with Crippen molar-refractivity contribution in [3.8, 4) is 0 Å². The number of nitrogens with zero attached hydrogens (tertiary/aromatic N) is 1. The number of carboxylic acids is 1. The Morgan fingerprint density at radius 1 is 1.50 bits per heavy atom. The molecule has 1 aliphatic heterocycles. The van der Waals surface area contributed by atoms with E-state index in [2.05, 4.69) is 4.90 Å². The van der Waals surface area contributed by atoms with E-state index in [0.29, 0.717) is 6.04 Å². The molecule has 2 bridgehead atoms. The first-order chi connectivity index (χ1) is 5.75. The third-order valence-corrected chi connectivity index (χ3v) is 3.10. The molecule has 3 heteroatoms. The molecular formula is C9H15NO2.